The number of nitrogen functional groups attached to an aromatic ring is 1. The van der Waals surface area contributed by atoms with Crippen molar-refractivity contribution in [2.45, 2.75) is 19.8 Å². The topological polar surface area (TPSA) is 56.2 Å². The lowest BCUT2D eigenvalue weighted by Gasteiger charge is -2.05. The molecule has 3 heteroatoms. The first kappa shape index (κ1) is 13.8. The van der Waals surface area contributed by atoms with Crippen molar-refractivity contribution in [1.29, 1.82) is 0 Å². The molecule has 1 heterocycles. The molecule has 0 saturated carbocycles. The summed E-state index contributed by atoms with van der Waals surface area (Å²) in [5, 5.41) is 0.607. The fraction of sp³-hybridized carbons (Fsp3) is 0.150. The van der Waals surface area contributed by atoms with Crippen molar-refractivity contribution in [2.24, 2.45) is 0 Å². The number of aryl methyl sites for hydroxylation is 1. The van der Waals surface area contributed by atoms with Crippen LogP contribution in [0.2, 0.25) is 0 Å². The molecule has 0 radical (unpaired) electrons. The number of anilines is 1. The van der Waals surface area contributed by atoms with Gasteiger partial charge in [0.2, 0.25) is 0 Å². The van der Waals surface area contributed by atoms with Gasteiger partial charge in [-0.1, -0.05) is 24.3 Å². The second-order valence-electron chi connectivity index (χ2n) is 6.02. The van der Waals surface area contributed by atoms with E-state index in [0.717, 1.165) is 35.3 Å². The Hall–Kier alpha value is -2.81. The van der Waals surface area contributed by atoms with Crippen molar-refractivity contribution in [2.75, 3.05) is 5.73 Å². The van der Waals surface area contributed by atoms with Crippen LogP contribution in [0.5, 0.6) is 0 Å². The number of benzene rings is 2. The summed E-state index contributed by atoms with van der Waals surface area (Å²) in [5.74, 6) is 0.719. The molecule has 0 aliphatic heterocycles. The molecular weight excluding hydrogens is 286 g/mol. The molecule has 3 aromatic rings. The van der Waals surface area contributed by atoms with E-state index in [1.54, 1.807) is 18.2 Å². The van der Waals surface area contributed by atoms with Crippen LogP contribution in [0.3, 0.4) is 0 Å². The number of rotatable bonds is 1. The van der Waals surface area contributed by atoms with Gasteiger partial charge in [0.1, 0.15) is 11.3 Å². The minimum atomic E-state index is 0.0643. The lowest BCUT2D eigenvalue weighted by atomic mass is 10.0. The zero-order valence-electron chi connectivity index (χ0n) is 12.9. The van der Waals surface area contributed by atoms with Crippen LogP contribution in [-0.4, -0.2) is 0 Å². The normalized spacial score (nSPS) is 15.3. The number of allylic oxidation sites excluding steroid dienone is 1. The monoisotopic (exact) mass is 303 g/mol. The SMILES string of the molecule is Cc1ccccc1/C=C1\CCc2c1oc1cc(N)ccc1c2=O. The van der Waals surface area contributed by atoms with Gasteiger partial charge in [0.15, 0.2) is 5.43 Å². The van der Waals surface area contributed by atoms with Crippen LogP contribution in [0, 0.1) is 6.92 Å². The van der Waals surface area contributed by atoms with Gasteiger partial charge in [0, 0.05) is 17.3 Å². The van der Waals surface area contributed by atoms with E-state index in [2.05, 4.69) is 25.1 Å². The number of nitrogens with two attached hydrogens (primary N) is 1. The quantitative estimate of drug-likeness (QED) is 0.686. The van der Waals surface area contributed by atoms with Crippen LogP contribution < -0.4 is 11.2 Å². The summed E-state index contributed by atoms with van der Waals surface area (Å²) < 4.78 is 6.04. The van der Waals surface area contributed by atoms with Gasteiger partial charge in [-0.25, -0.2) is 0 Å². The third-order valence-corrected chi connectivity index (χ3v) is 4.46. The van der Waals surface area contributed by atoms with Crippen molar-refractivity contribution < 1.29 is 4.42 Å². The second kappa shape index (κ2) is 5.13. The van der Waals surface area contributed by atoms with Crippen LogP contribution in [0.1, 0.15) is 28.9 Å². The lowest BCUT2D eigenvalue weighted by Crippen LogP contribution is -2.08. The molecule has 0 bridgehead atoms. The molecule has 1 aromatic heterocycles. The maximum Gasteiger partial charge on any atom is 0.196 e. The average molecular weight is 303 g/mol. The molecule has 2 N–H and O–H groups in total. The van der Waals surface area contributed by atoms with Gasteiger partial charge in [-0.2, -0.15) is 0 Å². The molecule has 0 amide bonds. The van der Waals surface area contributed by atoms with Crippen molar-refractivity contribution in [3.8, 4) is 0 Å². The molecule has 0 spiro atoms. The molecule has 23 heavy (non-hydrogen) atoms. The van der Waals surface area contributed by atoms with Gasteiger partial charge < -0.3 is 10.2 Å². The van der Waals surface area contributed by atoms with E-state index in [1.807, 2.05) is 12.1 Å². The Kier molecular flexibility index (Phi) is 3.08. The predicted molar refractivity (Wildman–Crippen MR) is 94.3 cm³/mol. The first-order valence-corrected chi connectivity index (χ1v) is 7.75. The highest BCUT2D eigenvalue weighted by Crippen LogP contribution is 2.34. The zero-order chi connectivity index (χ0) is 16.0. The fourth-order valence-corrected chi connectivity index (χ4v) is 3.18. The van der Waals surface area contributed by atoms with E-state index in [1.165, 1.54) is 5.56 Å². The van der Waals surface area contributed by atoms with Crippen molar-refractivity contribution in [3.63, 3.8) is 0 Å². The Bertz CT molecular complexity index is 1010. The molecule has 4 rings (SSSR count). The fourth-order valence-electron chi connectivity index (χ4n) is 3.18. The first-order valence-electron chi connectivity index (χ1n) is 7.75. The molecule has 1 aliphatic carbocycles. The molecule has 0 saturated heterocycles. The Balaban J connectivity index is 1.93. The summed E-state index contributed by atoms with van der Waals surface area (Å²) >= 11 is 0. The van der Waals surface area contributed by atoms with Crippen molar-refractivity contribution in [3.05, 3.63) is 75.1 Å². The van der Waals surface area contributed by atoms with E-state index >= 15 is 0 Å². The highest BCUT2D eigenvalue weighted by atomic mass is 16.3. The predicted octanol–water partition coefficient (Wildman–Crippen LogP) is 4.17. The Morgan fingerprint density at radius 3 is 2.78 bits per heavy atom. The summed E-state index contributed by atoms with van der Waals surface area (Å²) in [5.41, 5.74) is 11.3. The van der Waals surface area contributed by atoms with Crippen LogP contribution in [0.4, 0.5) is 5.69 Å². The van der Waals surface area contributed by atoms with Gasteiger partial charge in [0.25, 0.3) is 0 Å². The lowest BCUT2D eigenvalue weighted by molar-refractivity contribution is 0.585. The van der Waals surface area contributed by atoms with E-state index in [-0.39, 0.29) is 5.43 Å². The summed E-state index contributed by atoms with van der Waals surface area (Å²) in [4.78, 5) is 12.7. The maximum absolute atomic E-state index is 12.7. The van der Waals surface area contributed by atoms with E-state index in [9.17, 15) is 4.79 Å². The van der Waals surface area contributed by atoms with Crippen LogP contribution in [0.15, 0.2) is 51.7 Å². The molecule has 3 nitrogen and oxygen atoms in total. The minimum absolute atomic E-state index is 0.0643. The summed E-state index contributed by atoms with van der Waals surface area (Å²) in [7, 11) is 0. The van der Waals surface area contributed by atoms with Gasteiger partial charge in [-0.15, -0.1) is 0 Å². The molecule has 0 unspecified atom stereocenters. The highest BCUT2D eigenvalue weighted by molar-refractivity contribution is 5.88. The van der Waals surface area contributed by atoms with E-state index in [0.29, 0.717) is 16.7 Å². The highest BCUT2D eigenvalue weighted by Gasteiger charge is 2.24. The van der Waals surface area contributed by atoms with Crippen LogP contribution in [0.25, 0.3) is 22.6 Å². The molecule has 114 valence electrons. The third kappa shape index (κ3) is 2.25. The van der Waals surface area contributed by atoms with Crippen molar-refractivity contribution in [1.82, 2.24) is 0 Å². The third-order valence-electron chi connectivity index (χ3n) is 4.46. The Morgan fingerprint density at radius 2 is 1.96 bits per heavy atom. The minimum Gasteiger partial charge on any atom is -0.456 e. The smallest absolute Gasteiger partial charge is 0.196 e. The standard InChI is InChI=1S/C20H17NO2/c1-12-4-2-3-5-13(12)10-14-6-8-17-19(22)16-9-7-15(21)11-18(16)23-20(14)17/h2-5,7,9-11H,6,8,21H2,1H3/b14-10+. The molecular formula is C20H17NO2. The van der Waals surface area contributed by atoms with Crippen LogP contribution >= 0.6 is 0 Å². The van der Waals surface area contributed by atoms with Gasteiger partial charge in [0.05, 0.1) is 5.39 Å². The number of fused-ring (bicyclic) bond motifs is 2. The van der Waals surface area contributed by atoms with Gasteiger partial charge in [-0.3, -0.25) is 4.79 Å². The number of hydrogen-bond acceptors (Lipinski definition) is 3. The average Bonchev–Trinajstić information content (AvgIpc) is 2.93. The first-order chi connectivity index (χ1) is 11.1. The summed E-state index contributed by atoms with van der Waals surface area (Å²) in [6.45, 7) is 2.08. The molecule has 2 aromatic carbocycles. The molecule has 0 fully saturated rings. The summed E-state index contributed by atoms with van der Waals surface area (Å²) in [6.07, 6.45) is 3.69. The van der Waals surface area contributed by atoms with Crippen molar-refractivity contribution >= 4 is 28.3 Å². The second-order valence-corrected chi connectivity index (χ2v) is 6.02. The maximum atomic E-state index is 12.7. The molecule has 1 aliphatic rings. The molecule has 0 atom stereocenters. The van der Waals surface area contributed by atoms with E-state index in [4.69, 9.17) is 10.2 Å². The number of hydrogen-bond donors (Lipinski definition) is 1. The Labute approximate surface area is 134 Å². The van der Waals surface area contributed by atoms with E-state index < -0.39 is 0 Å². The van der Waals surface area contributed by atoms with Gasteiger partial charge in [-0.05, 0) is 54.7 Å². The largest absolute Gasteiger partial charge is 0.456 e. The Morgan fingerprint density at radius 1 is 1.13 bits per heavy atom. The zero-order valence-corrected chi connectivity index (χ0v) is 12.9. The van der Waals surface area contributed by atoms with Gasteiger partial charge >= 0.3 is 0 Å². The summed E-state index contributed by atoms with van der Waals surface area (Å²) in [6, 6.07) is 13.4. The van der Waals surface area contributed by atoms with Crippen LogP contribution in [-0.2, 0) is 6.42 Å².